The molecule has 0 spiro atoms. The first-order valence-electron chi connectivity index (χ1n) is 8.53. The van der Waals surface area contributed by atoms with Gasteiger partial charge in [-0.3, -0.25) is 9.78 Å². The van der Waals surface area contributed by atoms with Gasteiger partial charge < -0.3 is 4.98 Å². The largest absolute Gasteiger partial charge is 0.305 e. The molecule has 0 saturated carbocycles. The Hall–Kier alpha value is -3.35. The third-order valence-electron chi connectivity index (χ3n) is 4.57. The summed E-state index contributed by atoms with van der Waals surface area (Å²) in [7, 11) is -3.89. The summed E-state index contributed by atoms with van der Waals surface area (Å²) in [6, 6.07) is 13.2. The third-order valence-corrected chi connectivity index (χ3v) is 6.47. The van der Waals surface area contributed by atoms with E-state index >= 15 is 0 Å². The third kappa shape index (κ3) is 3.09. The van der Waals surface area contributed by atoms with Crippen molar-refractivity contribution in [2.24, 2.45) is 0 Å². The molecule has 28 heavy (non-hydrogen) atoms. The fourth-order valence-corrected chi connectivity index (χ4v) is 4.71. The summed E-state index contributed by atoms with van der Waals surface area (Å²) in [5.41, 5.74) is 1.16. The summed E-state index contributed by atoms with van der Waals surface area (Å²) < 4.78 is 27.4. The van der Waals surface area contributed by atoms with Crippen molar-refractivity contribution in [1.29, 1.82) is 5.26 Å². The molecule has 1 aromatic carbocycles. The quantitative estimate of drug-likeness (QED) is 0.719. The maximum Gasteiger partial charge on any atom is 0.254 e. The zero-order chi connectivity index (χ0) is 19.7. The van der Waals surface area contributed by atoms with Crippen LogP contribution in [0.15, 0.2) is 58.4 Å². The van der Waals surface area contributed by atoms with Gasteiger partial charge in [0.2, 0.25) is 10.0 Å². The second kappa shape index (κ2) is 6.99. The summed E-state index contributed by atoms with van der Waals surface area (Å²) in [4.78, 5) is 23.8. The van der Waals surface area contributed by atoms with Crippen LogP contribution in [0.3, 0.4) is 0 Å². The Morgan fingerprint density at radius 2 is 1.93 bits per heavy atom. The number of benzene rings is 1. The van der Waals surface area contributed by atoms with Crippen molar-refractivity contribution in [2.75, 3.05) is 6.54 Å². The molecule has 3 heterocycles. The topological polar surface area (TPSA) is 120 Å². The molecule has 2 aromatic heterocycles. The van der Waals surface area contributed by atoms with Gasteiger partial charge in [0.1, 0.15) is 11.8 Å². The Morgan fingerprint density at radius 3 is 2.68 bits per heavy atom. The number of sulfonamides is 1. The fraction of sp³-hybridized carbons (Fsp3) is 0.158. The van der Waals surface area contributed by atoms with Crippen molar-refractivity contribution in [2.45, 2.75) is 17.9 Å². The fourth-order valence-electron chi connectivity index (χ4n) is 3.17. The summed E-state index contributed by atoms with van der Waals surface area (Å²) in [5.74, 6) is 0.293. The average Bonchev–Trinajstić information content (AvgIpc) is 2.73. The van der Waals surface area contributed by atoms with Crippen molar-refractivity contribution < 1.29 is 8.42 Å². The number of hydrogen-bond acceptors (Lipinski definition) is 6. The molecule has 1 aliphatic rings. The Bertz CT molecular complexity index is 1250. The van der Waals surface area contributed by atoms with Crippen LogP contribution in [0.1, 0.15) is 16.8 Å². The molecule has 0 saturated heterocycles. The lowest BCUT2D eigenvalue weighted by molar-refractivity contribution is 0.383. The molecule has 0 bridgehead atoms. The zero-order valence-electron chi connectivity index (χ0n) is 14.7. The molecular weight excluding hydrogens is 378 g/mol. The molecule has 0 atom stereocenters. The van der Waals surface area contributed by atoms with E-state index in [0.29, 0.717) is 22.8 Å². The van der Waals surface area contributed by atoms with E-state index < -0.39 is 10.0 Å². The van der Waals surface area contributed by atoms with Gasteiger partial charge in [-0.15, -0.1) is 0 Å². The second-order valence-corrected chi connectivity index (χ2v) is 8.16. The Morgan fingerprint density at radius 1 is 1.14 bits per heavy atom. The van der Waals surface area contributed by atoms with Gasteiger partial charge in [0.05, 0.1) is 22.7 Å². The van der Waals surface area contributed by atoms with Crippen LogP contribution in [-0.2, 0) is 23.0 Å². The molecule has 3 aromatic rings. The summed E-state index contributed by atoms with van der Waals surface area (Å²) >= 11 is 0. The first-order chi connectivity index (χ1) is 13.5. The molecule has 1 aliphatic heterocycles. The van der Waals surface area contributed by atoms with Crippen molar-refractivity contribution >= 4 is 10.0 Å². The van der Waals surface area contributed by atoms with Crippen molar-refractivity contribution in [3.8, 4) is 17.6 Å². The molecule has 140 valence electrons. The minimum atomic E-state index is -3.89. The summed E-state index contributed by atoms with van der Waals surface area (Å²) in [6.07, 6.45) is 1.83. The lowest BCUT2D eigenvalue weighted by Crippen LogP contribution is -2.39. The predicted octanol–water partition coefficient (Wildman–Crippen LogP) is 1.45. The molecule has 1 N–H and O–H groups in total. The normalized spacial score (nSPS) is 14.2. The maximum atomic E-state index is 13.1. The number of nitrogens with zero attached hydrogens (tertiary/aromatic N) is 4. The number of aromatic nitrogens is 3. The highest BCUT2D eigenvalue weighted by Gasteiger charge is 2.32. The molecule has 0 amide bonds. The van der Waals surface area contributed by atoms with E-state index in [0.717, 1.165) is 0 Å². The van der Waals surface area contributed by atoms with E-state index in [-0.39, 0.29) is 35.5 Å². The monoisotopic (exact) mass is 393 g/mol. The average molecular weight is 393 g/mol. The molecule has 4 rings (SSSR count). The first-order valence-corrected chi connectivity index (χ1v) is 9.97. The van der Waals surface area contributed by atoms with Crippen LogP contribution >= 0.6 is 0 Å². The maximum absolute atomic E-state index is 13.1. The van der Waals surface area contributed by atoms with Crippen LogP contribution in [0.4, 0.5) is 0 Å². The number of aromatic amines is 1. The number of hydrogen-bond donors (Lipinski definition) is 1. The Balaban J connectivity index is 1.74. The number of nitrogens with one attached hydrogen (secondary N) is 1. The molecule has 8 nitrogen and oxygen atoms in total. The molecule has 0 unspecified atom stereocenters. The predicted molar refractivity (Wildman–Crippen MR) is 101 cm³/mol. The van der Waals surface area contributed by atoms with Gasteiger partial charge >= 0.3 is 0 Å². The lowest BCUT2D eigenvalue weighted by Gasteiger charge is -2.27. The highest BCUT2D eigenvalue weighted by molar-refractivity contribution is 7.89. The molecule has 0 aliphatic carbocycles. The number of fused-ring (bicyclic) bond motifs is 1. The van der Waals surface area contributed by atoms with Gasteiger partial charge in [-0.2, -0.15) is 9.57 Å². The second-order valence-electron chi connectivity index (χ2n) is 6.25. The van der Waals surface area contributed by atoms with Gasteiger partial charge in [0.25, 0.3) is 5.56 Å². The Kier molecular flexibility index (Phi) is 4.50. The number of H-pyrrole nitrogens is 1. The highest BCUT2D eigenvalue weighted by atomic mass is 32.2. The van der Waals surface area contributed by atoms with Crippen LogP contribution < -0.4 is 5.56 Å². The van der Waals surface area contributed by atoms with Crippen LogP contribution in [0.5, 0.6) is 0 Å². The summed E-state index contributed by atoms with van der Waals surface area (Å²) in [5, 5.41) is 9.24. The molecule has 0 fully saturated rings. The minimum Gasteiger partial charge on any atom is -0.305 e. The van der Waals surface area contributed by atoms with Gasteiger partial charge in [0.15, 0.2) is 5.82 Å². The van der Waals surface area contributed by atoms with Crippen LogP contribution in [-0.4, -0.2) is 34.2 Å². The smallest absolute Gasteiger partial charge is 0.254 e. The van der Waals surface area contributed by atoms with Crippen molar-refractivity contribution in [1.82, 2.24) is 19.3 Å². The molecule has 0 radical (unpaired) electrons. The zero-order valence-corrected chi connectivity index (χ0v) is 15.5. The standard InChI is InChI=1S/C19H15N5O3S/c20-11-13-5-1-2-7-17(13)28(26,27)24-10-8-14-16(12-24)22-18(23-19(14)25)15-6-3-4-9-21-15/h1-7,9H,8,10,12H2,(H,22,23,25). The van der Waals surface area contributed by atoms with Crippen molar-refractivity contribution in [3.05, 3.63) is 75.8 Å². The molecule has 9 heteroatoms. The highest BCUT2D eigenvalue weighted by Crippen LogP contribution is 2.25. The number of nitriles is 1. The summed E-state index contributed by atoms with van der Waals surface area (Å²) in [6.45, 7) is 0.101. The van der Waals surface area contributed by atoms with Crippen LogP contribution in [0.25, 0.3) is 11.5 Å². The van der Waals surface area contributed by atoms with Gasteiger partial charge in [-0.25, -0.2) is 13.4 Å². The van der Waals surface area contributed by atoms with E-state index in [2.05, 4.69) is 15.0 Å². The van der Waals surface area contributed by atoms with Crippen molar-refractivity contribution in [3.63, 3.8) is 0 Å². The number of pyridine rings is 1. The lowest BCUT2D eigenvalue weighted by atomic mass is 10.1. The van der Waals surface area contributed by atoms with E-state index in [9.17, 15) is 18.5 Å². The minimum absolute atomic E-state index is 0.0405. The van der Waals surface area contributed by atoms with Gasteiger partial charge in [0, 0.05) is 18.3 Å². The first kappa shape index (κ1) is 18.0. The van der Waals surface area contributed by atoms with Gasteiger partial charge in [-0.05, 0) is 30.7 Å². The van der Waals surface area contributed by atoms with E-state index in [1.807, 2.05) is 6.07 Å². The van der Waals surface area contributed by atoms with Crippen LogP contribution in [0.2, 0.25) is 0 Å². The Labute approximate surface area is 161 Å². The number of rotatable bonds is 3. The molecular formula is C19H15N5O3S. The van der Waals surface area contributed by atoms with Crippen LogP contribution in [0, 0.1) is 11.3 Å². The van der Waals surface area contributed by atoms with E-state index in [1.54, 1.807) is 36.5 Å². The van der Waals surface area contributed by atoms with E-state index in [4.69, 9.17) is 0 Å². The van der Waals surface area contributed by atoms with Gasteiger partial charge in [-0.1, -0.05) is 18.2 Å². The van der Waals surface area contributed by atoms with E-state index in [1.165, 1.54) is 16.4 Å². The SMILES string of the molecule is N#Cc1ccccc1S(=O)(=O)N1CCc2c(nc(-c3ccccn3)[nH]c2=O)C1.